The third-order valence-corrected chi connectivity index (χ3v) is 4.55. The Hall–Kier alpha value is -2.38. The number of thiophene rings is 1. The second-order valence-electron chi connectivity index (χ2n) is 5.05. The number of carbonyl (C=O) groups is 3. The molecule has 0 aliphatic rings. The fourth-order valence-corrected chi connectivity index (χ4v) is 3.11. The minimum absolute atomic E-state index is 0.0589. The van der Waals surface area contributed by atoms with Crippen molar-refractivity contribution in [2.24, 2.45) is 5.73 Å². The van der Waals surface area contributed by atoms with Crippen LogP contribution < -0.4 is 11.1 Å². The van der Waals surface area contributed by atoms with Gasteiger partial charge in [-0.3, -0.25) is 9.59 Å². The molecule has 1 aromatic heterocycles. The number of aliphatic carboxylic acids is 1. The summed E-state index contributed by atoms with van der Waals surface area (Å²) in [6, 6.07) is 9.21. The number of rotatable bonds is 7. The number of carbonyl (C=O) groups excluding carboxylic acids is 2. The first-order valence-corrected chi connectivity index (χ1v) is 8.24. The Morgan fingerprint density at radius 1 is 1.25 bits per heavy atom. The summed E-state index contributed by atoms with van der Waals surface area (Å²) in [4.78, 5) is 35.2. The molecule has 0 saturated carbocycles. The van der Waals surface area contributed by atoms with Crippen LogP contribution in [0, 0.1) is 0 Å². The summed E-state index contributed by atoms with van der Waals surface area (Å²) in [5.74, 6) is -2.37. The van der Waals surface area contributed by atoms with Gasteiger partial charge in [-0.15, -0.1) is 11.3 Å². The van der Waals surface area contributed by atoms with Crippen LogP contribution in [0.1, 0.15) is 23.2 Å². The molecule has 0 aliphatic heterocycles. The first kappa shape index (κ1) is 18.0. The summed E-state index contributed by atoms with van der Waals surface area (Å²) in [6.45, 7) is 0. The summed E-state index contributed by atoms with van der Waals surface area (Å²) < 4.78 is 0.636. The Kier molecular flexibility index (Phi) is 5.94. The Morgan fingerprint density at radius 2 is 2.00 bits per heavy atom. The molecule has 1 atom stereocenters. The van der Waals surface area contributed by atoms with E-state index in [9.17, 15) is 14.4 Å². The molecule has 2 rings (SSSR count). The predicted octanol–water partition coefficient (Wildman–Crippen LogP) is 2.52. The molecule has 1 heterocycles. The van der Waals surface area contributed by atoms with Crippen molar-refractivity contribution < 1.29 is 19.5 Å². The first-order chi connectivity index (χ1) is 11.4. The number of benzene rings is 1. The highest BCUT2D eigenvalue weighted by Gasteiger charge is 2.21. The standard InChI is InChI=1S/C16H15ClN2O4S/c17-13-6-5-12(24-13)9-2-1-3-10(8-9)15(21)19-11(16(22)23)4-7-14(18)20/h1-3,5-6,8,11H,4,7H2,(H2,18,20)(H,19,21)(H,22,23)/t11-/m0/s1. The molecule has 0 spiro atoms. The number of carboxylic acid groups (broad SMARTS) is 1. The van der Waals surface area contributed by atoms with E-state index in [0.29, 0.717) is 9.90 Å². The summed E-state index contributed by atoms with van der Waals surface area (Å²) in [5, 5.41) is 11.5. The molecule has 8 heteroatoms. The molecule has 0 aliphatic carbocycles. The van der Waals surface area contributed by atoms with E-state index in [4.69, 9.17) is 22.4 Å². The van der Waals surface area contributed by atoms with Gasteiger partial charge in [-0.25, -0.2) is 4.79 Å². The van der Waals surface area contributed by atoms with Crippen molar-refractivity contribution in [3.63, 3.8) is 0 Å². The molecule has 126 valence electrons. The van der Waals surface area contributed by atoms with Crippen LogP contribution in [-0.2, 0) is 9.59 Å². The van der Waals surface area contributed by atoms with Crippen LogP contribution in [0.25, 0.3) is 10.4 Å². The second-order valence-corrected chi connectivity index (χ2v) is 6.77. The zero-order valence-electron chi connectivity index (χ0n) is 12.5. The highest BCUT2D eigenvalue weighted by Crippen LogP contribution is 2.31. The monoisotopic (exact) mass is 366 g/mol. The van der Waals surface area contributed by atoms with E-state index < -0.39 is 23.8 Å². The van der Waals surface area contributed by atoms with Crippen molar-refractivity contribution in [3.05, 3.63) is 46.3 Å². The van der Waals surface area contributed by atoms with Gasteiger partial charge in [0.05, 0.1) is 4.34 Å². The quantitative estimate of drug-likeness (QED) is 0.699. The molecule has 1 aromatic carbocycles. The van der Waals surface area contributed by atoms with Crippen LogP contribution in [0.2, 0.25) is 4.34 Å². The van der Waals surface area contributed by atoms with Crippen molar-refractivity contribution in [2.45, 2.75) is 18.9 Å². The summed E-state index contributed by atoms with van der Waals surface area (Å²) >= 11 is 7.29. The predicted molar refractivity (Wildman–Crippen MR) is 92.1 cm³/mol. The largest absolute Gasteiger partial charge is 0.480 e. The van der Waals surface area contributed by atoms with Gasteiger partial charge >= 0.3 is 5.97 Å². The van der Waals surface area contributed by atoms with Gasteiger partial charge in [0.2, 0.25) is 5.91 Å². The molecule has 24 heavy (non-hydrogen) atoms. The molecule has 6 nitrogen and oxygen atoms in total. The minimum atomic E-state index is -1.22. The number of nitrogens with two attached hydrogens (primary N) is 1. The maximum absolute atomic E-state index is 12.3. The fourth-order valence-electron chi connectivity index (χ4n) is 2.07. The Bertz CT molecular complexity index is 775. The van der Waals surface area contributed by atoms with E-state index in [1.54, 1.807) is 24.3 Å². The zero-order chi connectivity index (χ0) is 17.7. The highest BCUT2D eigenvalue weighted by atomic mass is 35.5. The molecule has 4 N–H and O–H groups in total. The maximum Gasteiger partial charge on any atom is 0.326 e. The highest BCUT2D eigenvalue weighted by molar-refractivity contribution is 7.19. The number of amides is 2. The minimum Gasteiger partial charge on any atom is -0.480 e. The van der Waals surface area contributed by atoms with E-state index in [-0.39, 0.29) is 12.8 Å². The smallest absolute Gasteiger partial charge is 0.326 e. The van der Waals surface area contributed by atoms with Gasteiger partial charge in [-0.2, -0.15) is 0 Å². The molecular formula is C16H15ClN2O4S. The van der Waals surface area contributed by atoms with Crippen LogP contribution in [-0.4, -0.2) is 28.9 Å². The summed E-state index contributed by atoms with van der Waals surface area (Å²) in [6.07, 6.45) is -0.179. The van der Waals surface area contributed by atoms with Gasteiger partial charge in [-0.1, -0.05) is 23.7 Å². The number of halogens is 1. The van der Waals surface area contributed by atoms with E-state index in [2.05, 4.69) is 5.32 Å². The van der Waals surface area contributed by atoms with Crippen LogP contribution >= 0.6 is 22.9 Å². The lowest BCUT2D eigenvalue weighted by atomic mass is 10.1. The average Bonchev–Trinajstić information content (AvgIpc) is 2.97. The Labute approximate surface area is 147 Å². The molecule has 0 bridgehead atoms. The van der Waals surface area contributed by atoms with Crippen LogP contribution in [0.15, 0.2) is 36.4 Å². The van der Waals surface area contributed by atoms with Crippen molar-refractivity contribution in [1.82, 2.24) is 5.32 Å². The summed E-state index contributed by atoms with van der Waals surface area (Å²) in [7, 11) is 0. The molecule has 2 amide bonds. The average molecular weight is 367 g/mol. The molecule has 2 aromatic rings. The molecule has 0 fully saturated rings. The van der Waals surface area contributed by atoms with Crippen molar-refractivity contribution >= 4 is 40.7 Å². The Balaban J connectivity index is 2.13. The Morgan fingerprint density at radius 3 is 2.58 bits per heavy atom. The first-order valence-electron chi connectivity index (χ1n) is 7.04. The van der Waals surface area contributed by atoms with Gasteiger partial charge in [-0.05, 0) is 36.2 Å². The van der Waals surface area contributed by atoms with E-state index in [0.717, 1.165) is 10.4 Å². The molecule has 0 radical (unpaired) electrons. The van der Waals surface area contributed by atoms with Crippen LogP contribution in [0.4, 0.5) is 0 Å². The van der Waals surface area contributed by atoms with E-state index in [1.165, 1.54) is 11.3 Å². The van der Waals surface area contributed by atoms with E-state index in [1.807, 2.05) is 12.1 Å². The van der Waals surface area contributed by atoms with Crippen molar-refractivity contribution in [1.29, 1.82) is 0 Å². The number of hydrogen-bond acceptors (Lipinski definition) is 4. The van der Waals surface area contributed by atoms with Gasteiger partial charge in [0.15, 0.2) is 0 Å². The second kappa shape index (κ2) is 7.94. The number of nitrogens with one attached hydrogen (secondary N) is 1. The van der Waals surface area contributed by atoms with Crippen LogP contribution in [0.5, 0.6) is 0 Å². The SMILES string of the molecule is NC(=O)CC[C@H](NC(=O)c1cccc(-c2ccc(Cl)s2)c1)C(=O)O. The molecular weight excluding hydrogens is 352 g/mol. The lowest BCUT2D eigenvalue weighted by Gasteiger charge is -2.14. The van der Waals surface area contributed by atoms with Gasteiger partial charge in [0.25, 0.3) is 5.91 Å². The third kappa shape index (κ3) is 4.81. The molecule has 0 unspecified atom stereocenters. The van der Waals surface area contributed by atoms with Gasteiger partial charge in [0, 0.05) is 16.9 Å². The third-order valence-electron chi connectivity index (χ3n) is 3.27. The molecule has 0 saturated heterocycles. The maximum atomic E-state index is 12.3. The van der Waals surface area contributed by atoms with Gasteiger partial charge < -0.3 is 16.2 Å². The van der Waals surface area contributed by atoms with Crippen molar-refractivity contribution in [3.8, 4) is 10.4 Å². The lowest BCUT2D eigenvalue weighted by Crippen LogP contribution is -2.41. The van der Waals surface area contributed by atoms with Crippen molar-refractivity contribution in [2.75, 3.05) is 0 Å². The van der Waals surface area contributed by atoms with Crippen LogP contribution in [0.3, 0.4) is 0 Å². The summed E-state index contributed by atoms with van der Waals surface area (Å²) in [5.41, 5.74) is 6.15. The number of primary amides is 1. The zero-order valence-corrected chi connectivity index (χ0v) is 14.1. The lowest BCUT2D eigenvalue weighted by molar-refractivity contribution is -0.139. The normalized spacial score (nSPS) is 11.7. The van der Waals surface area contributed by atoms with E-state index >= 15 is 0 Å². The fraction of sp³-hybridized carbons (Fsp3) is 0.188. The number of carboxylic acids is 1. The topological polar surface area (TPSA) is 109 Å². The van der Waals surface area contributed by atoms with Gasteiger partial charge in [0.1, 0.15) is 6.04 Å². The number of hydrogen-bond donors (Lipinski definition) is 3.